The molecule has 1 radical (unpaired) electrons. The Morgan fingerprint density at radius 2 is 0.429 bits per heavy atom. The van der Waals surface area contributed by atoms with Crippen LogP contribution in [0.4, 0.5) is 0 Å². The maximum Gasteiger partial charge on any atom is 5.00 e. The van der Waals surface area contributed by atoms with Crippen molar-refractivity contribution < 1.29 is 68.3 Å². The Kier molecular flexibility index (Phi) is 9840. The quantitative estimate of drug-likeness (QED) is 0.484. The van der Waals surface area contributed by atoms with Crippen molar-refractivity contribution in [1.29, 1.82) is 0 Å². The Balaban J connectivity index is 0. The summed E-state index contributed by atoms with van der Waals surface area (Å²) in [5, 5.41) is 0. The van der Waals surface area contributed by atoms with E-state index in [2.05, 4.69) is 0 Å². The largest absolute Gasteiger partial charge is 5.00 e. The molecule has 0 saturated carbocycles. The molecule has 0 N–H and O–H groups in total. The third kappa shape index (κ3) is 148. The van der Waals surface area contributed by atoms with Crippen molar-refractivity contribution in [3.8, 4) is 0 Å². The van der Waals surface area contributed by atoms with Gasteiger partial charge in [0.05, 0.1) is 0 Å². The summed E-state index contributed by atoms with van der Waals surface area (Å²) in [6.45, 7) is 0. The molecule has 0 spiro atoms. The van der Waals surface area contributed by atoms with Crippen LogP contribution in [0.1, 0.15) is 0 Å². The van der Waals surface area contributed by atoms with Gasteiger partial charge in [-0.2, -0.15) is 0 Å². The predicted molar refractivity (Wildman–Crippen MR) is 3.43 cm³/mol. The Morgan fingerprint density at radius 3 is 0.429 bits per heavy atom. The van der Waals surface area contributed by atoms with E-state index >= 15 is 0 Å². The minimum Gasteiger partial charge on any atom is -2.00 e. The first-order chi connectivity index (χ1) is 0. The molecule has 7 heavy (non-hydrogen) atoms. The van der Waals surface area contributed by atoms with Gasteiger partial charge in [-0.1, -0.05) is 0 Å². The zero-order valence-corrected chi connectivity index (χ0v) is 6.53. The molecule has 0 bridgehead atoms. The molecular weight excluding hydrogens is 224 g/mol. The molecule has 0 amide bonds. The van der Waals surface area contributed by atoms with Crippen LogP contribution < -0.4 is 0 Å². The maximum absolute atomic E-state index is 0. The fourth-order valence-electron chi connectivity index (χ4n) is 0. The molecule has 0 aliphatic heterocycles. The second-order valence-electron chi connectivity index (χ2n) is 0. The van der Waals surface area contributed by atoms with Gasteiger partial charge in [0.2, 0.25) is 0 Å². The molecule has 5 nitrogen and oxygen atoms in total. The van der Waals surface area contributed by atoms with Gasteiger partial charge in [-0.15, -0.1) is 0 Å². The minimum atomic E-state index is 0. The first-order valence-electron chi connectivity index (χ1n) is 0. The normalized spacial score (nSPS) is 0. The molecule has 0 rings (SSSR count). The van der Waals surface area contributed by atoms with Crippen LogP contribution in [0.2, 0.25) is 0 Å². The molecule has 0 aliphatic rings. The van der Waals surface area contributed by atoms with Crippen LogP contribution in [0.5, 0.6) is 0 Å². The van der Waals surface area contributed by atoms with Gasteiger partial charge in [0.1, 0.15) is 0 Å². The standard InChI is InChI=1S/Nb.5O.V/q+5;5*-2;. The Morgan fingerprint density at radius 1 is 0.429 bits per heavy atom. The van der Waals surface area contributed by atoms with Gasteiger partial charge in [0.15, 0.2) is 0 Å². The smallest absolute Gasteiger partial charge is 2.00 e. The van der Waals surface area contributed by atoms with Gasteiger partial charge in [0, 0.05) is 18.6 Å². The third-order valence-electron chi connectivity index (χ3n) is 0. The van der Waals surface area contributed by atoms with Crippen LogP contribution >= 0.6 is 0 Å². The zero-order chi connectivity index (χ0) is 0. The molecule has 0 atom stereocenters. The molecular formula is NbO5V-5. The monoisotopic (exact) mass is 224 g/mol. The van der Waals surface area contributed by atoms with Crippen molar-refractivity contribution in [3.05, 3.63) is 0 Å². The summed E-state index contributed by atoms with van der Waals surface area (Å²) in [6, 6.07) is 0. The van der Waals surface area contributed by atoms with E-state index in [0.717, 1.165) is 0 Å². The van der Waals surface area contributed by atoms with Gasteiger partial charge in [-0.25, -0.2) is 0 Å². The Bertz CT molecular complexity index is 8.04. The fraction of sp³-hybridized carbons (Fsp3) is 0. The third-order valence-corrected chi connectivity index (χ3v) is 0. The van der Waals surface area contributed by atoms with Crippen LogP contribution in [0, 0.1) is 0 Å². The zero-order valence-electron chi connectivity index (χ0n) is 2.94. The Labute approximate surface area is 68.4 Å². The number of hydrogen-bond acceptors (Lipinski definition) is 0. The molecule has 45 valence electrons. The van der Waals surface area contributed by atoms with Crippen LogP contribution in [0.15, 0.2) is 0 Å². The summed E-state index contributed by atoms with van der Waals surface area (Å²) in [6.07, 6.45) is 0. The van der Waals surface area contributed by atoms with Crippen molar-refractivity contribution in [1.82, 2.24) is 0 Å². The fourth-order valence-corrected chi connectivity index (χ4v) is 0. The van der Waals surface area contributed by atoms with Crippen molar-refractivity contribution >= 4 is 0 Å². The van der Waals surface area contributed by atoms with Crippen LogP contribution in [0.3, 0.4) is 0 Å². The van der Waals surface area contributed by atoms with Gasteiger partial charge in [0.25, 0.3) is 0 Å². The summed E-state index contributed by atoms with van der Waals surface area (Å²) >= 11 is 0. The average Bonchev–Trinajstić information content (AvgIpc) is 0. The van der Waals surface area contributed by atoms with Crippen LogP contribution in [0.25, 0.3) is 0 Å². The molecule has 0 aliphatic carbocycles. The topological polar surface area (TPSA) is 142 Å². The number of hydrogen-bond donors (Lipinski definition) is 0. The molecule has 0 aromatic rings. The Hall–Kier alpha value is 1.12. The maximum atomic E-state index is 0. The molecule has 7 heteroatoms. The molecule has 0 fully saturated rings. The van der Waals surface area contributed by atoms with E-state index < -0.39 is 0 Å². The molecule has 0 unspecified atom stereocenters. The van der Waals surface area contributed by atoms with E-state index in [1.165, 1.54) is 0 Å². The van der Waals surface area contributed by atoms with E-state index in [-0.39, 0.29) is 68.3 Å². The van der Waals surface area contributed by atoms with Gasteiger partial charge in [-0.05, 0) is 0 Å². The van der Waals surface area contributed by atoms with E-state index in [1.807, 2.05) is 0 Å². The minimum absolute atomic E-state index is 0. The first kappa shape index (κ1) is 326. The van der Waals surface area contributed by atoms with Gasteiger partial charge < -0.3 is 27.4 Å². The second kappa shape index (κ2) is 211. The van der Waals surface area contributed by atoms with Crippen molar-refractivity contribution in [2.75, 3.05) is 0 Å². The first-order valence-corrected chi connectivity index (χ1v) is 0. The summed E-state index contributed by atoms with van der Waals surface area (Å²) in [5.74, 6) is 0. The predicted octanol–water partition coefficient (Wildman–Crippen LogP) is -0.599. The molecule has 0 saturated heterocycles. The van der Waals surface area contributed by atoms with E-state index in [4.69, 9.17) is 0 Å². The SMILES string of the molecule is [Nb+5].[O-2].[O-2].[O-2].[O-2].[O-2].[V]. The second-order valence-corrected chi connectivity index (χ2v) is 0. The summed E-state index contributed by atoms with van der Waals surface area (Å²) < 4.78 is 0. The molecule has 0 heterocycles. The summed E-state index contributed by atoms with van der Waals surface area (Å²) in [4.78, 5) is 0. The van der Waals surface area contributed by atoms with Crippen molar-refractivity contribution in [3.63, 3.8) is 0 Å². The molecule has 0 aromatic heterocycles. The summed E-state index contributed by atoms with van der Waals surface area (Å²) in [7, 11) is 0. The van der Waals surface area contributed by atoms with Crippen molar-refractivity contribution in [2.45, 2.75) is 0 Å². The van der Waals surface area contributed by atoms with E-state index in [1.54, 1.807) is 0 Å². The number of rotatable bonds is 0. The van der Waals surface area contributed by atoms with E-state index in [0.29, 0.717) is 0 Å². The van der Waals surface area contributed by atoms with E-state index in [9.17, 15) is 0 Å². The van der Waals surface area contributed by atoms with Crippen LogP contribution in [-0.4, -0.2) is 0 Å². The van der Waals surface area contributed by atoms with Crippen LogP contribution in [-0.2, 0) is 68.3 Å². The summed E-state index contributed by atoms with van der Waals surface area (Å²) in [5.41, 5.74) is 0. The molecule has 0 aromatic carbocycles. The van der Waals surface area contributed by atoms with Crippen molar-refractivity contribution in [2.24, 2.45) is 0 Å². The average molecular weight is 224 g/mol. The van der Waals surface area contributed by atoms with Gasteiger partial charge >= 0.3 is 22.4 Å². The van der Waals surface area contributed by atoms with Gasteiger partial charge in [-0.3, -0.25) is 0 Å².